The van der Waals surface area contributed by atoms with Gasteiger partial charge in [0.05, 0.1) is 0 Å². The highest BCUT2D eigenvalue weighted by Crippen LogP contribution is 2.46. The van der Waals surface area contributed by atoms with Gasteiger partial charge < -0.3 is 4.42 Å². The first kappa shape index (κ1) is 32.2. The van der Waals surface area contributed by atoms with E-state index in [-0.39, 0.29) is 0 Å². The maximum Gasteiger partial charge on any atom is 0.164 e. The zero-order valence-corrected chi connectivity index (χ0v) is 30.9. The summed E-state index contributed by atoms with van der Waals surface area (Å²) in [6.07, 6.45) is 0. The first-order chi connectivity index (χ1) is 27.7. The van der Waals surface area contributed by atoms with Crippen LogP contribution in [0.1, 0.15) is 0 Å². The van der Waals surface area contributed by atoms with E-state index >= 15 is 0 Å². The summed E-state index contributed by atoms with van der Waals surface area (Å²) in [7, 11) is 0. The van der Waals surface area contributed by atoms with Gasteiger partial charge in [0.25, 0.3) is 0 Å². The first-order valence-electron chi connectivity index (χ1n) is 18.7. The summed E-state index contributed by atoms with van der Waals surface area (Å²) in [5.74, 6) is 1.86. The Bertz CT molecular complexity index is 3230. The van der Waals surface area contributed by atoms with Crippen molar-refractivity contribution in [2.75, 3.05) is 0 Å². The van der Waals surface area contributed by atoms with Crippen LogP contribution in [0.4, 0.5) is 0 Å². The van der Waals surface area contributed by atoms with Gasteiger partial charge in [-0.25, -0.2) is 15.0 Å². The van der Waals surface area contributed by atoms with E-state index in [9.17, 15) is 0 Å². The zero-order chi connectivity index (χ0) is 37.0. The molecule has 0 spiro atoms. The van der Waals surface area contributed by atoms with Gasteiger partial charge in [0.1, 0.15) is 11.2 Å². The zero-order valence-electron chi connectivity index (χ0n) is 30.1. The quantitative estimate of drug-likeness (QED) is 0.171. The topological polar surface area (TPSA) is 51.8 Å². The van der Waals surface area contributed by atoms with Crippen LogP contribution in [0, 0.1) is 0 Å². The summed E-state index contributed by atoms with van der Waals surface area (Å²) in [4.78, 5) is 15.1. The van der Waals surface area contributed by atoms with Crippen molar-refractivity contribution >= 4 is 53.4 Å². The molecule has 5 heteroatoms. The van der Waals surface area contributed by atoms with E-state index < -0.39 is 0 Å². The maximum atomic E-state index is 6.13. The smallest absolute Gasteiger partial charge is 0.164 e. The van der Waals surface area contributed by atoms with Crippen LogP contribution in [0.5, 0.6) is 0 Å². The molecule has 0 aliphatic rings. The Morgan fingerprint density at radius 3 is 1.54 bits per heavy atom. The highest BCUT2D eigenvalue weighted by atomic mass is 32.1. The maximum absolute atomic E-state index is 6.13. The lowest BCUT2D eigenvalue weighted by Gasteiger charge is -2.11. The normalized spacial score (nSPS) is 11.6. The number of aromatic nitrogens is 3. The lowest BCUT2D eigenvalue weighted by atomic mass is 9.95. The summed E-state index contributed by atoms with van der Waals surface area (Å²) >= 11 is 1.87. The number of thiophene rings is 1. The van der Waals surface area contributed by atoms with Crippen LogP contribution >= 0.6 is 11.3 Å². The molecule has 0 unspecified atom stereocenters. The molecule has 3 aromatic heterocycles. The van der Waals surface area contributed by atoms with Gasteiger partial charge in [0.2, 0.25) is 0 Å². The lowest BCUT2D eigenvalue weighted by Crippen LogP contribution is -2.00. The Morgan fingerprint density at radius 1 is 0.304 bits per heavy atom. The Morgan fingerprint density at radius 2 is 0.804 bits per heavy atom. The van der Waals surface area contributed by atoms with E-state index in [1.807, 2.05) is 72.0 Å². The summed E-state index contributed by atoms with van der Waals surface area (Å²) < 4.78 is 8.69. The second-order valence-corrected chi connectivity index (χ2v) is 15.0. The summed E-state index contributed by atoms with van der Waals surface area (Å²) in [6, 6.07) is 65.8. The number of hydrogen-bond donors (Lipinski definition) is 0. The molecule has 11 aromatic rings. The van der Waals surface area contributed by atoms with Gasteiger partial charge in [0.15, 0.2) is 17.5 Å². The van der Waals surface area contributed by atoms with Gasteiger partial charge in [-0.2, -0.15) is 0 Å². The van der Waals surface area contributed by atoms with E-state index in [1.54, 1.807) is 0 Å². The van der Waals surface area contributed by atoms with Gasteiger partial charge in [-0.1, -0.05) is 152 Å². The molecule has 0 fully saturated rings. The molecule has 0 saturated heterocycles. The standard InChI is InChI=1S/C51H31N3OS/c1-4-13-32(14-5-1)38-30-42(48-44(31-38)41-21-12-20-39(47(41)56-48)33-15-6-2-7-16-33)34-23-25-36(26-24-34)50-52-49(35-17-8-3-9-18-35)53-51(54-50)37-27-28-46-43(29-37)40-19-10-11-22-45(40)55-46/h1-31H. The predicted molar refractivity (Wildman–Crippen MR) is 233 cm³/mol. The van der Waals surface area contributed by atoms with Gasteiger partial charge >= 0.3 is 0 Å². The first-order valence-corrected chi connectivity index (χ1v) is 19.5. The fourth-order valence-corrected chi connectivity index (χ4v) is 9.12. The van der Waals surface area contributed by atoms with Crippen LogP contribution < -0.4 is 0 Å². The molecule has 0 amide bonds. The van der Waals surface area contributed by atoms with Crippen LogP contribution in [0.2, 0.25) is 0 Å². The molecule has 8 aromatic carbocycles. The molecular weight excluding hydrogens is 703 g/mol. The van der Waals surface area contributed by atoms with Crippen LogP contribution in [-0.4, -0.2) is 15.0 Å². The number of para-hydroxylation sites is 1. The highest BCUT2D eigenvalue weighted by molar-refractivity contribution is 7.26. The highest BCUT2D eigenvalue weighted by Gasteiger charge is 2.18. The van der Waals surface area contributed by atoms with Crippen LogP contribution in [-0.2, 0) is 0 Å². The minimum Gasteiger partial charge on any atom is -0.456 e. The second kappa shape index (κ2) is 13.3. The SMILES string of the molecule is c1ccc(-c2cc(-c3ccc(-c4nc(-c5ccccc5)nc(-c5ccc6oc7ccccc7c6c5)n4)cc3)c3sc4c(-c5ccccc5)cccc4c3c2)cc1. The van der Waals surface area contributed by atoms with Crippen molar-refractivity contribution in [3.8, 4) is 67.5 Å². The van der Waals surface area contributed by atoms with E-state index in [4.69, 9.17) is 19.4 Å². The van der Waals surface area contributed by atoms with Gasteiger partial charge in [-0.3, -0.25) is 0 Å². The van der Waals surface area contributed by atoms with Crippen molar-refractivity contribution < 1.29 is 4.42 Å². The average Bonchev–Trinajstić information content (AvgIpc) is 3.85. The molecule has 0 aliphatic heterocycles. The van der Waals surface area contributed by atoms with Crippen molar-refractivity contribution in [1.82, 2.24) is 15.0 Å². The third kappa shape index (κ3) is 5.56. The minimum absolute atomic E-state index is 0.613. The van der Waals surface area contributed by atoms with E-state index in [2.05, 4.69) is 127 Å². The lowest BCUT2D eigenvalue weighted by molar-refractivity contribution is 0.669. The van der Waals surface area contributed by atoms with E-state index in [1.165, 1.54) is 48.0 Å². The van der Waals surface area contributed by atoms with Crippen LogP contribution in [0.15, 0.2) is 192 Å². The monoisotopic (exact) mass is 733 g/mol. The number of benzene rings is 8. The second-order valence-electron chi connectivity index (χ2n) is 14.0. The molecule has 3 heterocycles. The molecule has 4 nitrogen and oxygen atoms in total. The summed E-state index contributed by atoms with van der Waals surface area (Å²) in [5, 5.41) is 4.64. The van der Waals surface area contributed by atoms with Crippen molar-refractivity contribution in [2.24, 2.45) is 0 Å². The Hall–Kier alpha value is -7.21. The molecular formula is C51H31N3OS. The number of nitrogens with zero attached hydrogens (tertiary/aromatic N) is 3. The van der Waals surface area contributed by atoms with Crippen molar-refractivity contribution in [3.63, 3.8) is 0 Å². The Kier molecular flexibility index (Phi) is 7.64. The fraction of sp³-hybridized carbons (Fsp3) is 0. The molecule has 0 atom stereocenters. The van der Waals surface area contributed by atoms with Crippen LogP contribution in [0.25, 0.3) is 110 Å². The molecule has 56 heavy (non-hydrogen) atoms. The third-order valence-corrected chi connectivity index (χ3v) is 11.8. The molecule has 262 valence electrons. The number of furan rings is 1. The fourth-order valence-electron chi connectivity index (χ4n) is 7.77. The van der Waals surface area contributed by atoms with Crippen LogP contribution in [0.3, 0.4) is 0 Å². The van der Waals surface area contributed by atoms with E-state index in [0.717, 1.165) is 44.2 Å². The third-order valence-electron chi connectivity index (χ3n) is 10.5. The summed E-state index contributed by atoms with van der Waals surface area (Å²) in [5.41, 5.74) is 11.7. The Balaban J connectivity index is 1.06. The van der Waals surface area contributed by atoms with E-state index in [0.29, 0.717) is 17.5 Å². The van der Waals surface area contributed by atoms with Crippen molar-refractivity contribution in [2.45, 2.75) is 0 Å². The van der Waals surface area contributed by atoms with Crippen molar-refractivity contribution in [3.05, 3.63) is 188 Å². The minimum atomic E-state index is 0.613. The molecule has 0 radical (unpaired) electrons. The summed E-state index contributed by atoms with van der Waals surface area (Å²) in [6.45, 7) is 0. The molecule has 11 rings (SSSR count). The number of rotatable bonds is 6. The number of hydrogen-bond acceptors (Lipinski definition) is 5. The molecule has 0 saturated carbocycles. The largest absolute Gasteiger partial charge is 0.456 e. The number of fused-ring (bicyclic) bond motifs is 6. The van der Waals surface area contributed by atoms with Crippen molar-refractivity contribution in [1.29, 1.82) is 0 Å². The van der Waals surface area contributed by atoms with Gasteiger partial charge in [-0.15, -0.1) is 11.3 Å². The Labute approximate surface area is 327 Å². The molecule has 0 aliphatic carbocycles. The molecule has 0 N–H and O–H groups in total. The average molecular weight is 734 g/mol. The van der Waals surface area contributed by atoms with Gasteiger partial charge in [0, 0.05) is 53.2 Å². The predicted octanol–water partition coefficient (Wildman–Crippen LogP) is 14.1. The molecule has 0 bridgehead atoms. The van der Waals surface area contributed by atoms with Gasteiger partial charge in [-0.05, 0) is 64.2 Å².